The molecule has 1 fully saturated rings. The number of likely N-dealkylation sites (tertiary alicyclic amines) is 1. The zero-order valence-electron chi connectivity index (χ0n) is 12.2. The van der Waals surface area contributed by atoms with Gasteiger partial charge in [-0.1, -0.05) is 6.92 Å². The minimum absolute atomic E-state index is 0.0402. The molecule has 0 aliphatic carbocycles. The van der Waals surface area contributed by atoms with Crippen molar-refractivity contribution in [3.63, 3.8) is 0 Å². The van der Waals surface area contributed by atoms with Gasteiger partial charge in [0.2, 0.25) is 5.91 Å². The Morgan fingerprint density at radius 2 is 2.38 bits per heavy atom. The Morgan fingerprint density at radius 3 is 3.00 bits per heavy atom. The molecule has 0 radical (unpaired) electrons. The van der Waals surface area contributed by atoms with E-state index in [0.717, 1.165) is 12.8 Å². The first-order valence-electron chi connectivity index (χ1n) is 7.43. The molecule has 2 rings (SSSR count). The molecule has 1 aromatic rings. The molecule has 0 spiro atoms. The van der Waals surface area contributed by atoms with Gasteiger partial charge in [-0.05, 0) is 37.8 Å². The Balaban J connectivity index is 2.01. The second-order valence-corrected chi connectivity index (χ2v) is 5.26. The molecular weight excluding hydrogens is 272 g/mol. The molecular formula is C15H22N2O4. The predicted molar refractivity (Wildman–Crippen MR) is 76.7 cm³/mol. The highest BCUT2D eigenvalue weighted by molar-refractivity contribution is 5.96. The number of carbonyl (C=O) groups excluding carboxylic acids is 2. The summed E-state index contributed by atoms with van der Waals surface area (Å²) < 4.78 is 5.12. The van der Waals surface area contributed by atoms with Crippen LogP contribution in [0.15, 0.2) is 22.8 Å². The van der Waals surface area contributed by atoms with Crippen molar-refractivity contribution in [3.8, 4) is 0 Å². The van der Waals surface area contributed by atoms with E-state index in [1.165, 1.54) is 6.26 Å². The van der Waals surface area contributed by atoms with Crippen molar-refractivity contribution in [1.82, 2.24) is 10.2 Å². The molecule has 2 amide bonds. The van der Waals surface area contributed by atoms with E-state index in [9.17, 15) is 9.59 Å². The van der Waals surface area contributed by atoms with Crippen molar-refractivity contribution in [1.29, 1.82) is 0 Å². The van der Waals surface area contributed by atoms with Crippen LogP contribution in [0.2, 0.25) is 0 Å². The van der Waals surface area contributed by atoms with Crippen LogP contribution in [0.1, 0.15) is 43.2 Å². The number of carbonyl (C=O) groups is 2. The number of aliphatic hydroxyl groups is 1. The summed E-state index contributed by atoms with van der Waals surface area (Å²) >= 11 is 0. The predicted octanol–water partition coefficient (Wildman–Crippen LogP) is 1.16. The first-order chi connectivity index (χ1) is 10.2. The number of furan rings is 1. The van der Waals surface area contributed by atoms with Gasteiger partial charge < -0.3 is 19.7 Å². The number of rotatable bonds is 6. The van der Waals surface area contributed by atoms with Gasteiger partial charge in [-0.2, -0.15) is 0 Å². The Bertz CT molecular complexity index is 472. The normalized spacial score (nSPS) is 19.5. The monoisotopic (exact) mass is 294 g/mol. The minimum Gasteiger partial charge on any atom is -0.459 e. The van der Waals surface area contributed by atoms with Crippen molar-refractivity contribution in [2.24, 2.45) is 0 Å². The summed E-state index contributed by atoms with van der Waals surface area (Å²) in [6.45, 7) is 2.56. The fourth-order valence-corrected chi connectivity index (χ4v) is 2.66. The average Bonchev–Trinajstić information content (AvgIpc) is 3.16. The molecule has 1 aliphatic heterocycles. The van der Waals surface area contributed by atoms with Crippen LogP contribution in [0.25, 0.3) is 0 Å². The highest BCUT2D eigenvalue weighted by Crippen LogP contribution is 2.21. The van der Waals surface area contributed by atoms with E-state index in [0.29, 0.717) is 19.4 Å². The third kappa shape index (κ3) is 3.64. The lowest BCUT2D eigenvalue weighted by molar-refractivity contribution is -0.125. The number of hydrogen-bond donors (Lipinski definition) is 2. The first kappa shape index (κ1) is 15.6. The maximum absolute atomic E-state index is 12.4. The number of amides is 2. The van der Waals surface area contributed by atoms with Crippen LogP contribution in [0.4, 0.5) is 0 Å². The molecule has 2 atom stereocenters. The topological polar surface area (TPSA) is 82.8 Å². The fraction of sp³-hybridized carbons (Fsp3) is 0.600. The van der Waals surface area contributed by atoms with Crippen molar-refractivity contribution in [3.05, 3.63) is 24.2 Å². The van der Waals surface area contributed by atoms with Gasteiger partial charge in [0.1, 0.15) is 6.04 Å². The Hall–Kier alpha value is -1.82. The zero-order valence-corrected chi connectivity index (χ0v) is 12.2. The van der Waals surface area contributed by atoms with Crippen LogP contribution in [-0.2, 0) is 4.79 Å². The van der Waals surface area contributed by atoms with E-state index >= 15 is 0 Å². The zero-order chi connectivity index (χ0) is 15.2. The number of nitrogens with zero attached hydrogens (tertiary/aromatic N) is 1. The smallest absolute Gasteiger partial charge is 0.290 e. The lowest BCUT2D eigenvalue weighted by Crippen LogP contribution is -2.48. The first-order valence-corrected chi connectivity index (χ1v) is 7.43. The van der Waals surface area contributed by atoms with E-state index in [4.69, 9.17) is 9.52 Å². The Labute approximate surface area is 124 Å². The van der Waals surface area contributed by atoms with E-state index in [1.807, 2.05) is 6.92 Å². The van der Waals surface area contributed by atoms with Crippen molar-refractivity contribution in [2.75, 3.05) is 13.2 Å². The SMILES string of the molecule is CCC(CCO)NC(=O)C1CCCN1C(=O)c1ccco1. The lowest BCUT2D eigenvalue weighted by atomic mass is 10.1. The quantitative estimate of drug-likeness (QED) is 0.825. The molecule has 6 heteroatoms. The summed E-state index contributed by atoms with van der Waals surface area (Å²) in [5.41, 5.74) is 0. The summed E-state index contributed by atoms with van der Waals surface area (Å²) in [6.07, 6.45) is 4.20. The van der Waals surface area contributed by atoms with Crippen molar-refractivity contribution in [2.45, 2.75) is 44.7 Å². The molecule has 2 N–H and O–H groups in total. The van der Waals surface area contributed by atoms with Crippen molar-refractivity contribution >= 4 is 11.8 Å². The maximum atomic E-state index is 12.4. The van der Waals surface area contributed by atoms with Crippen LogP contribution >= 0.6 is 0 Å². The largest absolute Gasteiger partial charge is 0.459 e. The summed E-state index contributed by atoms with van der Waals surface area (Å²) in [4.78, 5) is 26.2. The molecule has 0 bridgehead atoms. The summed E-state index contributed by atoms with van der Waals surface area (Å²) in [5, 5.41) is 11.9. The molecule has 0 aromatic carbocycles. The molecule has 21 heavy (non-hydrogen) atoms. The van der Waals surface area contributed by atoms with Crippen LogP contribution in [0.3, 0.4) is 0 Å². The highest BCUT2D eigenvalue weighted by Gasteiger charge is 2.35. The molecule has 2 heterocycles. The average molecular weight is 294 g/mol. The Kier molecular flexibility index (Phi) is 5.38. The standard InChI is InChI=1S/C15H22N2O4/c1-2-11(7-9-18)16-14(19)12-5-3-8-17(12)15(20)13-6-4-10-21-13/h4,6,10-12,18H,2-3,5,7-9H2,1H3,(H,16,19). The molecule has 1 saturated heterocycles. The maximum Gasteiger partial charge on any atom is 0.290 e. The van der Waals surface area contributed by atoms with Gasteiger partial charge in [-0.25, -0.2) is 0 Å². The summed E-state index contributed by atoms with van der Waals surface area (Å²) in [6, 6.07) is 2.77. The van der Waals surface area contributed by atoms with Gasteiger partial charge in [0.25, 0.3) is 5.91 Å². The summed E-state index contributed by atoms with van der Waals surface area (Å²) in [5.74, 6) is -0.127. The van der Waals surface area contributed by atoms with E-state index in [-0.39, 0.29) is 30.2 Å². The Morgan fingerprint density at radius 1 is 1.57 bits per heavy atom. The molecule has 0 saturated carbocycles. The van der Waals surface area contributed by atoms with Crippen molar-refractivity contribution < 1.29 is 19.1 Å². The van der Waals surface area contributed by atoms with Gasteiger partial charge >= 0.3 is 0 Å². The molecule has 116 valence electrons. The third-order valence-electron chi connectivity index (χ3n) is 3.87. The van der Waals surface area contributed by atoms with E-state index in [2.05, 4.69) is 5.32 Å². The molecule has 6 nitrogen and oxygen atoms in total. The van der Waals surface area contributed by atoms with E-state index in [1.54, 1.807) is 17.0 Å². The highest BCUT2D eigenvalue weighted by atomic mass is 16.3. The minimum atomic E-state index is -0.449. The number of aliphatic hydroxyl groups excluding tert-OH is 1. The van der Waals surface area contributed by atoms with Gasteiger partial charge in [-0.3, -0.25) is 9.59 Å². The van der Waals surface area contributed by atoms with Crippen LogP contribution in [-0.4, -0.2) is 47.1 Å². The third-order valence-corrected chi connectivity index (χ3v) is 3.87. The molecule has 1 aromatic heterocycles. The number of nitrogens with one attached hydrogen (secondary N) is 1. The van der Waals surface area contributed by atoms with Gasteiger partial charge in [0.05, 0.1) is 6.26 Å². The van der Waals surface area contributed by atoms with Crippen LogP contribution in [0, 0.1) is 0 Å². The lowest BCUT2D eigenvalue weighted by Gasteiger charge is -2.25. The summed E-state index contributed by atoms with van der Waals surface area (Å²) in [7, 11) is 0. The second kappa shape index (κ2) is 7.26. The fourth-order valence-electron chi connectivity index (χ4n) is 2.66. The molecule has 1 aliphatic rings. The van der Waals surface area contributed by atoms with Gasteiger partial charge in [0.15, 0.2) is 5.76 Å². The van der Waals surface area contributed by atoms with Gasteiger partial charge in [0, 0.05) is 19.2 Å². The number of hydrogen-bond acceptors (Lipinski definition) is 4. The van der Waals surface area contributed by atoms with Crippen LogP contribution < -0.4 is 5.32 Å². The van der Waals surface area contributed by atoms with Crippen LogP contribution in [0.5, 0.6) is 0 Å². The molecule has 2 unspecified atom stereocenters. The van der Waals surface area contributed by atoms with Gasteiger partial charge in [-0.15, -0.1) is 0 Å². The second-order valence-electron chi connectivity index (χ2n) is 5.26. The van der Waals surface area contributed by atoms with E-state index < -0.39 is 6.04 Å².